The summed E-state index contributed by atoms with van der Waals surface area (Å²) in [6.45, 7) is 3.12. The zero-order chi connectivity index (χ0) is 11.5. The number of furan rings is 1. The summed E-state index contributed by atoms with van der Waals surface area (Å²) in [5.41, 5.74) is 0. The van der Waals surface area contributed by atoms with Gasteiger partial charge in [-0.25, -0.2) is 4.98 Å². The van der Waals surface area contributed by atoms with E-state index in [0.29, 0.717) is 6.04 Å². The highest BCUT2D eigenvalue weighted by atomic mass is 16.3. The van der Waals surface area contributed by atoms with Crippen molar-refractivity contribution in [2.24, 2.45) is 0 Å². The van der Waals surface area contributed by atoms with Crippen molar-refractivity contribution in [2.75, 3.05) is 6.54 Å². The Balaban J connectivity index is 1.63. The second kappa shape index (κ2) is 4.75. The van der Waals surface area contributed by atoms with Crippen LogP contribution in [0.3, 0.4) is 0 Å². The summed E-state index contributed by atoms with van der Waals surface area (Å²) >= 11 is 0. The zero-order valence-electron chi connectivity index (χ0n) is 9.83. The lowest BCUT2D eigenvalue weighted by molar-refractivity contribution is 0.208. The number of aromatic nitrogens is 2. The minimum atomic E-state index is 0.606. The average molecular weight is 231 g/mol. The van der Waals surface area contributed by atoms with Gasteiger partial charge in [0.05, 0.1) is 19.1 Å². The van der Waals surface area contributed by atoms with Crippen molar-refractivity contribution in [2.45, 2.75) is 32.0 Å². The van der Waals surface area contributed by atoms with E-state index in [1.54, 1.807) is 6.26 Å². The van der Waals surface area contributed by atoms with Gasteiger partial charge < -0.3 is 8.98 Å². The van der Waals surface area contributed by atoms with Crippen molar-refractivity contribution in [1.82, 2.24) is 14.5 Å². The van der Waals surface area contributed by atoms with Crippen LogP contribution in [0, 0.1) is 0 Å². The Kier molecular flexibility index (Phi) is 2.96. The van der Waals surface area contributed by atoms with Crippen molar-refractivity contribution in [3.63, 3.8) is 0 Å². The quantitative estimate of drug-likeness (QED) is 0.808. The number of hydrogen-bond acceptors (Lipinski definition) is 3. The summed E-state index contributed by atoms with van der Waals surface area (Å²) in [4.78, 5) is 6.59. The summed E-state index contributed by atoms with van der Waals surface area (Å²) in [5, 5.41) is 0. The molecule has 0 aromatic carbocycles. The molecular formula is C13H17N3O. The molecule has 3 rings (SSSR count). The number of likely N-dealkylation sites (tertiary alicyclic amines) is 1. The lowest BCUT2D eigenvalue weighted by Gasteiger charge is -2.23. The van der Waals surface area contributed by atoms with Crippen LogP contribution in [-0.2, 0) is 13.1 Å². The summed E-state index contributed by atoms with van der Waals surface area (Å²) in [5.74, 6) is 1.06. The van der Waals surface area contributed by atoms with E-state index < -0.39 is 0 Å². The van der Waals surface area contributed by atoms with E-state index in [1.807, 2.05) is 30.9 Å². The van der Waals surface area contributed by atoms with Crippen LogP contribution in [0.25, 0.3) is 0 Å². The lowest BCUT2D eigenvalue weighted by atomic mass is 10.2. The molecule has 4 heteroatoms. The maximum absolute atomic E-state index is 5.42. The SMILES string of the molecule is c1coc(CN2CCCC2Cn2ccnc2)c1. The van der Waals surface area contributed by atoms with E-state index in [4.69, 9.17) is 4.42 Å². The molecule has 1 aliphatic rings. The topological polar surface area (TPSA) is 34.2 Å². The van der Waals surface area contributed by atoms with Crippen molar-refractivity contribution in [3.05, 3.63) is 42.9 Å². The van der Waals surface area contributed by atoms with Gasteiger partial charge in [0.1, 0.15) is 5.76 Å². The van der Waals surface area contributed by atoms with Gasteiger partial charge in [-0.05, 0) is 31.5 Å². The van der Waals surface area contributed by atoms with E-state index in [0.717, 1.165) is 18.8 Å². The minimum absolute atomic E-state index is 0.606. The Morgan fingerprint density at radius 1 is 1.47 bits per heavy atom. The molecule has 0 spiro atoms. The van der Waals surface area contributed by atoms with Gasteiger partial charge in [-0.2, -0.15) is 0 Å². The highest BCUT2D eigenvalue weighted by molar-refractivity contribution is 4.99. The normalized spacial score (nSPS) is 21.1. The zero-order valence-corrected chi connectivity index (χ0v) is 9.83. The summed E-state index contributed by atoms with van der Waals surface area (Å²) in [7, 11) is 0. The van der Waals surface area contributed by atoms with Gasteiger partial charge in [0.15, 0.2) is 0 Å². The van der Waals surface area contributed by atoms with Crippen molar-refractivity contribution < 1.29 is 4.42 Å². The molecule has 2 aromatic heterocycles. The van der Waals surface area contributed by atoms with Crippen LogP contribution >= 0.6 is 0 Å². The fourth-order valence-electron chi connectivity index (χ4n) is 2.55. The molecule has 1 aliphatic heterocycles. The molecule has 0 aliphatic carbocycles. The van der Waals surface area contributed by atoms with Crippen molar-refractivity contribution in [1.29, 1.82) is 0 Å². The smallest absolute Gasteiger partial charge is 0.117 e. The third-order valence-electron chi connectivity index (χ3n) is 3.42. The Morgan fingerprint density at radius 3 is 3.24 bits per heavy atom. The standard InChI is InChI=1S/C13H17N3O/c1-3-12(9-15-7-5-14-11-15)16(6-1)10-13-4-2-8-17-13/h2,4-5,7-8,11-12H,1,3,6,9-10H2. The first-order valence-electron chi connectivity index (χ1n) is 6.14. The molecule has 0 amide bonds. The second-order valence-electron chi connectivity index (χ2n) is 4.61. The maximum Gasteiger partial charge on any atom is 0.117 e. The van der Waals surface area contributed by atoms with Gasteiger partial charge in [0, 0.05) is 25.0 Å². The number of imidazole rings is 1. The summed E-state index contributed by atoms with van der Waals surface area (Å²) in [6.07, 6.45) is 10.0. The van der Waals surface area contributed by atoms with Crippen molar-refractivity contribution in [3.8, 4) is 0 Å². The summed E-state index contributed by atoms with van der Waals surface area (Å²) in [6, 6.07) is 4.61. The van der Waals surface area contributed by atoms with Gasteiger partial charge >= 0.3 is 0 Å². The maximum atomic E-state index is 5.42. The Bertz CT molecular complexity index is 393. The lowest BCUT2D eigenvalue weighted by Crippen LogP contribution is -2.32. The Hall–Kier alpha value is -1.55. The van der Waals surface area contributed by atoms with E-state index >= 15 is 0 Å². The fraction of sp³-hybridized carbons (Fsp3) is 0.462. The predicted octanol–water partition coefficient (Wildman–Crippen LogP) is 2.14. The molecule has 0 radical (unpaired) electrons. The van der Waals surface area contributed by atoms with Crippen LogP contribution in [0.1, 0.15) is 18.6 Å². The second-order valence-corrected chi connectivity index (χ2v) is 4.61. The largest absolute Gasteiger partial charge is 0.468 e. The highest BCUT2D eigenvalue weighted by Crippen LogP contribution is 2.21. The third-order valence-corrected chi connectivity index (χ3v) is 3.42. The molecule has 0 saturated carbocycles. The van der Waals surface area contributed by atoms with Gasteiger partial charge in [-0.1, -0.05) is 0 Å². The molecule has 1 atom stereocenters. The van der Waals surface area contributed by atoms with E-state index in [-0.39, 0.29) is 0 Å². The highest BCUT2D eigenvalue weighted by Gasteiger charge is 2.25. The molecule has 1 fully saturated rings. The third kappa shape index (κ3) is 2.42. The van der Waals surface area contributed by atoms with Crippen LogP contribution in [0.2, 0.25) is 0 Å². The molecule has 1 unspecified atom stereocenters. The van der Waals surface area contributed by atoms with E-state index in [9.17, 15) is 0 Å². The van der Waals surface area contributed by atoms with Crippen LogP contribution in [0.5, 0.6) is 0 Å². The number of rotatable bonds is 4. The molecule has 90 valence electrons. The van der Waals surface area contributed by atoms with Crippen LogP contribution < -0.4 is 0 Å². The molecule has 3 heterocycles. The van der Waals surface area contributed by atoms with E-state index in [2.05, 4.69) is 14.5 Å². The predicted molar refractivity (Wildman–Crippen MR) is 64.4 cm³/mol. The Morgan fingerprint density at radius 2 is 2.47 bits per heavy atom. The molecule has 17 heavy (non-hydrogen) atoms. The van der Waals surface area contributed by atoms with Crippen LogP contribution in [0.15, 0.2) is 41.5 Å². The van der Waals surface area contributed by atoms with E-state index in [1.165, 1.54) is 19.4 Å². The first-order valence-corrected chi connectivity index (χ1v) is 6.14. The molecular weight excluding hydrogens is 214 g/mol. The van der Waals surface area contributed by atoms with Gasteiger partial charge in [-0.3, -0.25) is 4.90 Å². The van der Waals surface area contributed by atoms with Crippen LogP contribution in [-0.4, -0.2) is 27.0 Å². The molecule has 0 N–H and O–H groups in total. The monoisotopic (exact) mass is 231 g/mol. The first kappa shape index (κ1) is 10.6. The van der Waals surface area contributed by atoms with Crippen molar-refractivity contribution >= 4 is 0 Å². The Labute approximate surface area is 101 Å². The average Bonchev–Trinajstić information content (AvgIpc) is 3.04. The molecule has 0 bridgehead atoms. The minimum Gasteiger partial charge on any atom is -0.468 e. The molecule has 2 aromatic rings. The number of nitrogens with zero attached hydrogens (tertiary/aromatic N) is 3. The van der Waals surface area contributed by atoms with Gasteiger partial charge in [0.2, 0.25) is 0 Å². The van der Waals surface area contributed by atoms with Gasteiger partial charge in [-0.15, -0.1) is 0 Å². The number of hydrogen-bond donors (Lipinski definition) is 0. The fourth-order valence-corrected chi connectivity index (χ4v) is 2.55. The van der Waals surface area contributed by atoms with Gasteiger partial charge in [0.25, 0.3) is 0 Å². The first-order chi connectivity index (χ1) is 8.42. The molecule has 4 nitrogen and oxygen atoms in total. The molecule has 1 saturated heterocycles. The van der Waals surface area contributed by atoms with Crippen LogP contribution in [0.4, 0.5) is 0 Å². The summed E-state index contributed by atoms with van der Waals surface area (Å²) < 4.78 is 7.58.